The van der Waals surface area contributed by atoms with Gasteiger partial charge in [-0.05, 0) is 24.6 Å². The van der Waals surface area contributed by atoms with E-state index in [9.17, 15) is 9.59 Å². The highest BCUT2D eigenvalue weighted by atomic mass is 16.5. The maximum absolute atomic E-state index is 10.4. The highest BCUT2D eigenvalue weighted by molar-refractivity contribution is 5.93. The molecule has 0 saturated carbocycles. The van der Waals surface area contributed by atoms with Crippen LogP contribution >= 0.6 is 0 Å². The minimum absolute atomic E-state index is 0.0186. The van der Waals surface area contributed by atoms with Gasteiger partial charge in [0.15, 0.2) is 6.29 Å². The summed E-state index contributed by atoms with van der Waals surface area (Å²) in [4.78, 5) is 20.8. The molecule has 0 aromatic heterocycles. The molecule has 116 valence electrons. The first kappa shape index (κ1) is 18.6. The average Bonchev–Trinajstić information content (AvgIpc) is 2.44. The van der Waals surface area contributed by atoms with Gasteiger partial charge in [0.2, 0.25) is 0 Å². The Kier molecular flexibility index (Phi) is 9.23. The molecule has 1 aromatic rings. The van der Waals surface area contributed by atoms with E-state index in [0.29, 0.717) is 19.4 Å². The van der Waals surface area contributed by atoms with Crippen LogP contribution in [0.25, 0.3) is 0 Å². The van der Waals surface area contributed by atoms with Gasteiger partial charge in [0.1, 0.15) is 0 Å². The fraction of sp³-hybridized carbons (Fsp3) is 0.286. The molecule has 7 nitrogen and oxygen atoms in total. The third-order valence-electron chi connectivity index (χ3n) is 2.20. The van der Waals surface area contributed by atoms with Gasteiger partial charge < -0.3 is 25.2 Å². The van der Waals surface area contributed by atoms with Crippen molar-refractivity contribution in [1.82, 2.24) is 0 Å². The van der Waals surface area contributed by atoms with Crippen LogP contribution in [0.15, 0.2) is 37.1 Å². The molecule has 0 atom stereocenters. The van der Waals surface area contributed by atoms with Crippen LogP contribution in [0.5, 0.6) is 0 Å². The van der Waals surface area contributed by atoms with E-state index < -0.39 is 18.2 Å². The number of ether oxygens (including phenoxy) is 1. The SMILES string of the molecule is C=COCCCC(O)O.O=C(O)c1cccc(C(=O)O)c1. The van der Waals surface area contributed by atoms with Crippen molar-refractivity contribution >= 4 is 11.9 Å². The Morgan fingerprint density at radius 2 is 1.71 bits per heavy atom. The average molecular weight is 298 g/mol. The monoisotopic (exact) mass is 298 g/mol. The maximum atomic E-state index is 10.4. The first-order chi connectivity index (χ1) is 9.88. The van der Waals surface area contributed by atoms with Gasteiger partial charge in [0.25, 0.3) is 0 Å². The molecule has 0 radical (unpaired) electrons. The smallest absolute Gasteiger partial charge is 0.335 e. The molecule has 0 aliphatic rings. The van der Waals surface area contributed by atoms with E-state index in [1.54, 1.807) is 0 Å². The van der Waals surface area contributed by atoms with Gasteiger partial charge in [0, 0.05) is 6.42 Å². The topological polar surface area (TPSA) is 124 Å². The van der Waals surface area contributed by atoms with Crippen LogP contribution < -0.4 is 0 Å². The molecule has 0 saturated heterocycles. The summed E-state index contributed by atoms with van der Waals surface area (Å²) in [6.45, 7) is 3.83. The molecule has 0 amide bonds. The van der Waals surface area contributed by atoms with E-state index >= 15 is 0 Å². The van der Waals surface area contributed by atoms with E-state index in [2.05, 4.69) is 6.58 Å². The fourth-order valence-electron chi connectivity index (χ4n) is 1.22. The molecule has 0 fully saturated rings. The lowest BCUT2D eigenvalue weighted by atomic mass is 10.1. The summed E-state index contributed by atoms with van der Waals surface area (Å²) in [6, 6.07) is 5.20. The largest absolute Gasteiger partial charge is 0.502 e. The van der Waals surface area contributed by atoms with Crippen LogP contribution in [0.1, 0.15) is 33.6 Å². The number of carboxylic acid groups (broad SMARTS) is 2. The third kappa shape index (κ3) is 9.20. The van der Waals surface area contributed by atoms with E-state index in [1.165, 1.54) is 24.5 Å². The zero-order valence-electron chi connectivity index (χ0n) is 11.3. The summed E-state index contributed by atoms with van der Waals surface area (Å²) in [5, 5.41) is 33.6. The number of hydrogen-bond donors (Lipinski definition) is 4. The summed E-state index contributed by atoms with van der Waals surface area (Å²) < 4.78 is 4.73. The zero-order valence-corrected chi connectivity index (χ0v) is 11.3. The van der Waals surface area contributed by atoms with Gasteiger partial charge in [-0.3, -0.25) is 0 Å². The standard InChI is InChI=1S/C8H6O4.C6H12O3/c9-7(10)5-2-1-3-6(4-5)8(11)12;1-2-9-5-3-4-6(7)8/h1-4H,(H,9,10)(H,11,12);2,6-8H,1,3-5H2. The molecule has 0 bridgehead atoms. The van der Waals surface area contributed by atoms with Crippen molar-refractivity contribution in [3.05, 3.63) is 48.2 Å². The Labute approximate surface area is 121 Å². The van der Waals surface area contributed by atoms with Crippen LogP contribution in [-0.2, 0) is 4.74 Å². The Morgan fingerprint density at radius 1 is 1.19 bits per heavy atom. The van der Waals surface area contributed by atoms with Gasteiger partial charge >= 0.3 is 11.9 Å². The second-order valence-corrected chi connectivity index (χ2v) is 3.85. The molecule has 0 aliphatic heterocycles. The lowest BCUT2D eigenvalue weighted by molar-refractivity contribution is -0.0487. The molecule has 0 unspecified atom stereocenters. The predicted molar refractivity (Wildman–Crippen MR) is 74.0 cm³/mol. The lowest BCUT2D eigenvalue weighted by Gasteiger charge is -2.01. The van der Waals surface area contributed by atoms with Crippen molar-refractivity contribution in [1.29, 1.82) is 0 Å². The van der Waals surface area contributed by atoms with Gasteiger partial charge in [-0.15, -0.1) is 0 Å². The van der Waals surface area contributed by atoms with E-state index in [4.69, 9.17) is 25.2 Å². The highest BCUT2D eigenvalue weighted by Crippen LogP contribution is 2.04. The Hall–Kier alpha value is -2.38. The van der Waals surface area contributed by atoms with Gasteiger partial charge in [0.05, 0.1) is 24.0 Å². The molecule has 0 aliphatic carbocycles. The van der Waals surface area contributed by atoms with Crippen LogP contribution in [0.3, 0.4) is 0 Å². The normalized spacial score (nSPS) is 9.48. The first-order valence-corrected chi connectivity index (χ1v) is 6.03. The number of rotatable bonds is 7. The van der Waals surface area contributed by atoms with Crippen molar-refractivity contribution < 1.29 is 34.8 Å². The van der Waals surface area contributed by atoms with Crippen molar-refractivity contribution in [2.24, 2.45) is 0 Å². The maximum Gasteiger partial charge on any atom is 0.335 e. The molecular formula is C14H18O7. The van der Waals surface area contributed by atoms with Crippen LogP contribution in [0.2, 0.25) is 0 Å². The number of aliphatic hydroxyl groups excluding tert-OH is 1. The number of aromatic carboxylic acids is 2. The van der Waals surface area contributed by atoms with Crippen LogP contribution in [-0.4, -0.2) is 45.3 Å². The van der Waals surface area contributed by atoms with E-state index in [1.807, 2.05) is 0 Å². The van der Waals surface area contributed by atoms with E-state index in [0.717, 1.165) is 6.07 Å². The Balaban J connectivity index is 0.000000400. The minimum Gasteiger partial charge on any atom is -0.502 e. The molecule has 7 heteroatoms. The summed E-state index contributed by atoms with van der Waals surface area (Å²) in [7, 11) is 0. The van der Waals surface area contributed by atoms with Crippen molar-refractivity contribution in [3.63, 3.8) is 0 Å². The summed E-state index contributed by atoms with van der Waals surface area (Å²) in [6.07, 6.45) is 1.12. The predicted octanol–water partition coefficient (Wildman–Crippen LogP) is 1.32. The third-order valence-corrected chi connectivity index (χ3v) is 2.20. The first-order valence-electron chi connectivity index (χ1n) is 6.03. The van der Waals surface area contributed by atoms with Gasteiger partial charge in [-0.1, -0.05) is 12.6 Å². The quantitative estimate of drug-likeness (QED) is 0.340. The summed E-state index contributed by atoms with van der Waals surface area (Å²) >= 11 is 0. The highest BCUT2D eigenvalue weighted by Gasteiger charge is 2.06. The van der Waals surface area contributed by atoms with Crippen LogP contribution in [0.4, 0.5) is 0 Å². The summed E-state index contributed by atoms with van der Waals surface area (Å²) in [5.74, 6) is -2.25. The second kappa shape index (κ2) is 10.4. The van der Waals surface area contributed by atoms with Crippen molar-refractivity contribution in [2.75, 3.05) is 6.61 Å². The molecule has 4 N–H and O–H groups in total. The molecule has 1 aromatic carbocycles. The number of carbonyl (C=O) groups is 2. The zero-order chi connectivity index (χ0) is 16.3. The molecule has 21 heavy (non-hydrogen) atoms. The van der Waals surface area contributed by atoms with E-state index in [-0.39, 0.29) is 11.1 Å². The number of hydrogen-bond acceptors (Lipinski definition) is 5. The number of carboxylic acids is 2. The second-order valence-electron chi connectivity index (χ2n) is 3.85. The molecule has 0 spiro atoms. The van der Waals surface area contributed by atoms with Crippen molar-refractivity contribution in [2.45, 2.75) is 19.1 Å². The molecule has 1 rings (SSSR count). The Morgan fingerprint density at radius 3 is 2.10 bits per heavy atom. The number of aliphatic hydroxyl groups is 2. The van der Waals surface area contributed by atoms with Gasteiger partial charge in [-0.2, -0.15) is 0 Å². The van der Waals surface area contributed by atoms with Crippen molar-refractivity contribution in [3.8, 4) is 0 Å². The minimum atomic E-state index is -1.21. The molecular weight excluding hydrogens is 280 g/mol. The van der Waals surface area contributed by atoms with Crippen LogP contribution in [0, 0.1) is 0 Å². The number of benzene rings is 1. The summed E-state index contributed by atoms with van der Waals surface area (Å²) in [5.41, 5.74) is -0.0372. The lowest BCUT2D eigenvalue weighted by Crippen LogP contribution is -2.04. The fourth-order valence-corrected chi connectivity index (χ4v) is 1.22. The Bertz CT molecular complexity index is 439. The molecule has 0 heterocycles. The van der Waals surface area contributed by atoms with Gasteiger partial charge in [-0.25, -0.2) is 9.59 Å².